The largest absolute Gasteiger partial charge is 0.351 e. The Kier molecular flexibility index (Phi) is 3.64. The lowest BCUT2D eigenvalue weighted by Gasteiger charge is -2.22. The highest BCUT2D eigenvalue weighted by Gasteiger charge is 2.24. The number of para-hydroxylation sites is 1. The van der Waals surface area contributed by atoms with Crippen molar-refractivity contribution in [1.82, 2.24) is 5.32 Å². The first-order valence-corrected chi connectivity index (χ1v) is 6.13. The number of nitrogens with two attached hydrogens (primary N) is 1. The van der Waals surface area contributed by atoms with Crippen molar-refractivity contribution in [3.05, 3.63) is 29.8 Å². The summed E-state index contributed by atoms with van der Waals surface area (Å²) in [4.78, 5) is 13.1. The van der Waals surface area contributed by atoms with E-state index in [1.165, 1.54) is 5.56 Å². The van der Waals surface area contributed by atoms with Crippen LogP contribution in [-0.4, -0.2) is 19.1 Å². The molecule has 1 aromatic rings. The maximum atomic E-state index is 11.5. The Morgan fingerprint density at radius 3 is 3.00 bits per heavy atom. The Morgan fingerprint density at radius 2 is 2.29 bits per heavy atom. The summed E-state index contributed by atoms with van der Waals surface area (Å²) in [5.41, 5.74) is 7.56. The monoisotopic (exact) mass is 233 g/mol. The zero-order valence-corrected chi connectivity index (χ0v) is 10.1. The number of nitrogens with one attached hydrogen (secondary N) is 1. The van der Waals surface area contributed by atoms with Crippen LogP contribution in [0, 0.1) is 0 Å². The molecule has 92 valence electrons. The van der Waals surface area contributed by atoms with Gasteiger partial charge in [-0.2, -0.15) is 0 Å². The maximum absolute atomic E-state index is 11.5. The van der Waals surface area contributed by atoms with Gasteiger partial charge in [0.2, 0.25) is 0 Å². The van der Waals surface area contributed by atoms with Gasteiger partial charge in [0, 0.05) is 12.6 Å². The molecule has 1 unspecified atom stereocenters. The van der Waals surface area contributed by atoms with Crippen molar-refractivity contribution in [2.75, 3.05) is 18.0 Å². The van der Waals surface area contributed by atoms with Gasteiger partial charge in [0.25, 0.3) is 0 Å². The highest BCUT2D eigenvalue weighted by molar-refractivity contribution is 5.91. The topological polar surface area (TPSA) is 58.4 Å². The van der Waals surface area contributed by atoms with E-state index in [0.717, 1.165) is 25.1 Å². The Labute approximate surface area is 102 Å². The highest BCUT2D eigenvalue weighted by atomic mass is 16.2. The van der Waals surface area contributed by atoms with Gasteiger partial charge in [0.05, 0.1) is 5.69 Å². The van der Waals surface area contributed by atoms with Gasteiger partial charge < -0.3 is 11.1 Å². The summed E-state index contributed by atoms with van der Waals surface area (Å²) < 4.78 is 0. The van der Waals surface area contributed by atoms with E-state index in [2.05, 4.69) is 18.3 Å². The molecule has 4 nitrogen and oxygen atoms in total. The minimum atomic E-state index is -0.366. The standard InChI is InChI=1S/C13H19N3O/c1-2-15-11-7-5-9-16(13(14)17)12-8-4-3-6-10(11)12/h3-4,6,8,11,15H,2,5,7,9H2,1H3,(H2,14,17). The van der Waals surface area contributed by atoms with Gasteiger partial charge in [0.1, 0.15) is 0 Å². The first-order valence-electron chi connectivity index (χ1n) is 6.13. The number of carbonyl (C=O) groups excluding carboxylic acids is 1. The van der Waals surface area contributed by atoms with Crippen LogP contribution in [0.3, 0.4) is 0 Å². The van der Waals surface area contributed by atoms with Crippen molar-refractivity contribution in [2.45, 2.75) is 25.8 Å². The Bertz CT molecular complexity index is 405. The minimum Gasteiger partial charge on any atom is -0.351 e. The SMILES string of the molecule is CCNC1CCCN(C(N)=O)c2ccccc21. The Balaban J connectivity index is 2.40. The summed E-state index contributed by atoms with van der Waals surface area (Å²) in [6.07, 6.45) is 2.00. The third kappa shape index (κ3) is 2.42. The van der Waals surface area contributed by atoms with Crippen LogP contribution in [0.25, 0.3) is 0 Å². The molecule has 1 aliphatic rings. The molecular formula is C13H19N3O. The number of anilines is 1. The number of benzene rings is 1. The summed E-state index contributed by atoms with van der Waals surface area (Å²) in [5, 5.41) is 3.46. The van der Waals surface area contributed by atoms with Crippen LogP contribution in [0.4, 0.5) is 10.5 Å². The molecule has 0 radical (unpaired) electrons. The van der Waals surface area contributed by atoms with Crippen molar-refractivity contribution in [3.8, 4) is 0 Å². The molecule has 0 aromatic heterocycles. The smallest absolute Gasteiger partial charge is 0.319 e. The number of fused-ring (bicyclic) bond motifs is 1. The predicted molar refractivity (Wildman–Crippen MR) is 69.0 cm³/mol. The van der Waals surface area contributed by atoms with Gasteiger partial charge in [-0.1, -0.05) is 25.1 Å². The molecule has 0 aliphatic carbocycles. The van der Waals surface area contributed by atoms with E-state index in [0.29, 0.717) is 12.6 Å². The minimum absolute atomic E-state index is 0.320. The number of hydrogen-bond donors (Lipinski definition) is 2. The number of carbonyl (C=O) groups is 1. The molecular weight excluding hydrogens is 214 g/mol. The summed E-state index contributed by atoms with van der Waals surface area (Å²) >= 11 is 0. The van der Waals surface area contributed by atoms with E-state index in [1.54, 1.807) is 4.90 Å². The van der Waals surface area contributed by atoms with Crippen LogP contribution in [0.2, 0.25) is 0 Å². The van der Waals surface area contributed by atoms with Gasteiger partial charge in [0.15, 0.2) is 0 Å². The number of nitrogens with zero attached hydrogens (tertiary/aromatic N) is 1. The van der Waals surface area contributed by atoms with E-state index in [1.807, 2.05) is 18.2 Å². The molecule has 0 fully saturated rings. The predicted octanol–water partition coefficient (Wildman–Crippen LogP) is 2.02. The highest BCUT2D eigenvalue weighted by Crippen LogP contribution is 2.32. The molecule has 1 heterocycles. The molecule has 17 heavy (non-hydrogen) atoms. The Morgan fingerprint density at radius 1 is 1.53 bits per heavy atom. The van der Waals surface area contributed by atoms with Crippen molar-refractivity contribution >= 4 is 11.7 Å². The zero-order chi connectivity index (χ0) is 12.3. The molecule has 1 aliphatic heterocycles. The van der Waals surface area contributed by atoms with Crippen LogP contribution in [0.1, 0.15) is 31.4 Å². The maximum Gasteiger partial charge on any atom is 0.319 e. The van der Waals surface area contributed by atoms with E-state index < -0.39 is 0 Å². The van der Waals surface area contributed by atoms with Crippen LogP contribution in [0.15, 0.2) is 24.3 Å². The first kappa shape index (κ1) is 11.9. The average Bonchev–Trinajstić information content (AvgIpc) is 2.50. The van der Waals surface area contributed by atoms with Gasteiger partial charge >= 0.3 is 6.03 Å². The van der Waals surface area contributed by atoms with E-state index in [-0.39, 0.29) is 6.03 Å². The van der Waals surface area contributed by atoms with Gasteiger partial charge in [-0.3, -0.25) is 4.90 Å². The summed E-state index contributed by atoms with van der Waals surface area (Å²) in [7, 11) is 0. The van der Waals surface area contributed by atoms with Crippen LogP contribution >= 0.6 is 0 Å². The second-order valence-corrected chi connectivity index (χ2v) is 4.30. The van der Waals surface area contributed by atoms with Crippen LogP contribution in [0.5, 0.6) is 0 Å². The fourth-order valence-corrected chi connectivity index (χ4v) is 2.44. The molecule has 0 spiro atoms. The molecule has 3 N–H and O–H groups in total. The van der Waals surface area contributed by atoms with Crippen molar-refractivity contribution in [1.29, 1.82) is 0 Å². The van der Waals surface area contributed by atoms with E-state index >= 15 is 0 Å². The fourth-order valence-electron chi connectivity index (χ4n) is 2.44. The Hall–Kier alpha value is -1.55. The molecule has 2 rings (SSSR count). The van der Waals surface area contributed by atoms with Gasteiger partial charge in [-0.05, 0) is 31.0 Å². The number of primary amides is 1. The molecule has 0 saturated heterocycles. The average molecular weight is 233 g/mol. The molecule has 0 bridgehead atoms. The van der Waals surface area contributed by atoms with Gasteiger partial charge in [-0.15, -0.1) is 0 Å². The summed E-state index contributed by atoms with van der Waals surface area (Å²) in [6, 6.07) is 7.95. The lowest BCUT2D eigenvalue weighted by Crippen LogP contribution is -2.36. The number of hydrogen-bond acceptors (Lipinski definition) is 2. The van der Waals surface area contributed by atoms with Crippen molar-refractivity contribution in [3.63, 3.8) is 0 Å². The second-order valence-electron chi connectivity index (χ2n) is 4.30. The lowest BCUT2D eigenvalue weighted by molar-refractivity contribution is 0.254. The van der Waals surface area contributed by atoms with Crippen LogP contribution in [-0.2, 0) is 0 Å². The molecule has 0 saturated carbocycles. The molecule has 4 heteroatoms. The normalized spacial score (nSPS) is 19.6. The van der Waals surface area contributed by atoms with Crippen LogP contribution < -0.4 is 16.0 Å². The molecule has 1 aromatic carbocycles. The van der Waals surface area contributed by atoms with Gasteiger partial charge in [-0.25, -0.2) is 4.79 Å². The quantitative estimate of drug-likeness (QED) is 0.821. The van der Waals surface area contributed by atoms with E-state index in [4.69, 9.17) is 5.73 Å². The lowest BCUT2D eigenvalue weighted by atomic mass is 10.0. The van der Waals surface area contributed by atoms with Crippen molar-refractivity contribution in [2.24, 2.45) is 5.73 Å². The third-order valence-corrected chi connectivity index (χ3v) is 3.19. The summed E-state index contributed by atoms with van der Waals surface area (Å²) in [6.45, 7) is 3.73. The number of urea groups is 1. The second kappa shape index (κ2) is 5.19. The first-order chi connectivity index (χ1) is 8.24. The summed E-state index contributed by atoms with van der Waals surface area (Å²) in [5.74, 6) is 0. The van der Waals surface area contributed by atoms with E-state index in [9.17, 15) is 4.79 Å². The molecule has 2 amide bonds. The third-order valence-electron chi connectivity index (χ3n) is 3.19. The number of amides is 2. The van der Waals surface area contributed by atoms with Crippen molar-refractivity contribution < 1.29 is 4.79 Å². The number of rotatable bonds is 2. The fraction of sp³-hybridized carbons (Fsp3) is 0.462. The molecule has 1 atom stereocenters. The zero-order valence-electron chi connectivity index (χ0n) is 10.1.